The highest BCUT2D eigenvalue weighted by Crippen LogP contribution is 2.45. The first kappa shape index (κ1) is 24.9. The van der Waals surface area contributed by atoms with Gasteiger partial charge in [-0.25, -0.2) is 14.3 Å². The number of fused-ring (bicyclic) bond motifs is 5. The third-order valence-electron chi connectivity index (χ3n) is 10.1. The molecule has 2 saturated heterocycles. The lowest BCUT2D eigenvalue weighted by molar-refractivity contribution is -0.00939. The van der Waals surface area contributed by atoms with E-state index in [0.717, 1.165) is 59.7 Å². The predicted octanol–water partition coefficient (Wildman–Crippen LogP) is 4.15. The van der Waals surface area contributed by atoms with Crippen LogP contribution in [0.5, 0.6) is 0 Å². The molecule has 4 atom stereocenters. The van der Waals surface area contributed by atoms with E-state index in [1.165, 1.54) is 51.5 Å². The third kappa shape index (κ3) is 4.48. The number of H-pyrrole nitrogens is 1. The molecule has 4 unspecified atom stereocenters. The summed E-state index contributed by atoms with van der Waals surface area (Å²) in [5.74, 6) is 1.30. The topological polar surface area (TPSA) is 93.0 Å². The fourth-order valence-electron chi connectivity index (χ4n) is 8.54. The highest BCUT2D eigenvalue weighted by molar-refractivity contribution is 5.75. The van der Waals surface area contributed by atoms with Crippen molar-refractivity contribution in [3.63, 3.8) is 0 Å². The Balaban J connectivity index is 1.23. The van der Waals surface area contributed by atoms with Gasteiger partial charge >= 0.3 is 5.69 Å². The summed E-state index contributed by atoms with van der Waals surface area (Å²) in [5, 5.41) is 0. The highest BCUT2D eigenvalue weighted by atomic mass is 19.1. The maximum Gasteiger partial charge on any atom is 0.334 e. The van der Waals surface area contributed by atoms with Crippen LogP contribution in [0.4, 0.5) is 4.39 Å². The molecule has 4 bridgehead atoms. The number of hydrogen-bond acceptors (Lipinski definition) is 5. The fraction of sp³-hybridized carbons (Fsp3) is 0.600. The molecule has 4 fully saturated rings. The second kappa shape index (κ2) is 9.84. The molecular weight excluding hydrogens is 497 g/mol. The molecule has 0 spiro atoms. The van der Waals surface area contributed by atoms with E-state index < -0.39 is 22.6 Å². The Kier molecular flexibility index (Phi) is 6.29. The molecule has 0 amide bonds. The maximum absolute atomic E-state index is 14.2. The van der Waals surface area contributed by atoms with Gasteiger partial charge in [-0.3, -0.25) is 19.5 Å². The van der Waals surface area contributed by atoms with Gasteiger partial charge in [0.05, 0.1) is 17.2 Å². The van der Waals surface area contributed by atoms with Crippen molar-refractivity contribution < 1.29 is 4.39 Å². The standard InChI is InChI=1S/C30H36FN5O3/c31-24-17-35(30(39)33-28(24)37)27-29(38)36(26-10-2-1-9-25(26)32-27)23-14-21-7-4-8-22(15-23)34(21)16-20-12-18-5-3-6-19(11-18)13-20/h1-2,9-10,17-23H,3-8,11-16H2,(H,33,37,39). The normalized spacial score (nSPS) is 30.9. The van der Waals surface area contributed by atoms with Gasteiger partial charge in [-0.05, 0) is 74.8 Å². The first-order valence-electron chi connectivity index (χ1n) is 14.7. The van der Waals surface area contributed by atoms with Crippen LogP contribution in [0.1, 0.15) is 76.7 Å². The van der Waals surface area contributed by atoms with Gasteiger partial charge in [0, 0.05) is 24.7 Å². The number of nitrogens with zero attached hydrogens (tertiary/aromatic N) is 4. The lowest BCUT2D eigenvalue weighted by atomic mass is 9.67. The van der Waals surface area contributed by atoms with Crippen LogP contribution >= 0.6 is 0 Å². The smallest absolute Gasteiger partial charge is 0.300 e. The highest BCUT2D eigenvalue weighted by Gasteiger charge is 2.42. The number of halogens is 1. The molecule has 7 rings (SSSR count). The Hall–Kier alpha value is -3.07. The van der Waals surface area contributed by atoms with Crippen LogP contribution in [0.25, 0.3) is 16.9 Å². The molecule has 1 aromatic carbocycles. The zero-order chi connectivity index (χ0) is 26.7. The summed E-state index contributed by atoms with van der Waals surface area (Å²) in [6.45, 7) is 1.18. The summed E-state index contributed by atoms with van der Waals surface area (Å²) in [6, 6.07) is 8.25. The van der Waals surface area contributed by atoms with Crippen molar-refractivity contribution in [2.45, 2.75) is 88.8 Å². The zero-order valence-electron chi connectivity index (χ0n) is 22.2. The zero-order valence-corrected chi connectivity index (χ0v) is 22.2. The molecule has 8 nitrogen and oxygen atoms in total. The van der Waals surface area contributed by atoms with Crippen LogP contribution in [0.2, 0.25) is 0 Å². The van der Waals surface area contributed by atoms with Gasteiger partial charge in [0.25, 0.3) is 11.1 Å². The molecule has 0 radical (unpaired) electrons. The molecule has 2 aliphatic heterocycles. The van der Waals surface area contributed by atoms with Crippen molar-refractivity contribution in [1.82, 2.24) is 24.0 Å². The second-order valence-corrected chi connectivity index (χ2v) is 12.5. The Morgan fingerprint density at radius 1 is 0.872 bits per heavy atom. The van der Waals surface area contributed by atoms with Crippen molar-refractivity contribution in [3.8, 4) is 5.82 Å². The first-order valence-corrected chi connectivity index (χ1v) is 14.7. The number of rotatable bonds is 4. The van der Waals surface area contributed by atoms with Crippen LogP contribution in [0, 0.1) is 23.6 Å². The molecule has 4 heterocycles. The lowest BCUT2D eigenvalue weighted by Crippen LogP contribution is -2.55. The first-order chi connectivity index (χ1) is 18.9. The maximum atomic E-state index is 14.2. The van der Waals surface area contributed by atoms with Crippen LogP contribution in [-0.2, 0) is 0 Å². The number of aromatic nitrogens is 4. The van der Waals surface area contributed by atoms with E-state index in [2.05, 4.69) is 9.88 Å². The number of hydrogen-bond donors (Lipinski definition) is 1. The van der Waals surface area contributed by atoms with Crippen molar-refractivity contribution in [1.29, 1.82) is 0 Å². The van der Waals surface area contributed by atoms with Crippen LogP contribution in [-0.4, -0.2) is 42.6 Å². The Bertz CT molecular complexity index is 1550. The SMILES string of the molecule is O=c1[nH]c(=O)n(-c2nc3ccccc3n(C3CC4CCCC(C3)N4CC3CC4CCCC(C4)C3)c2=O)cc1F. The minimum Gasteiger partial charge on any atom is -0.300 e. The summed E-state index contributed by atoms with van der Waals surface area (Å²) in [6.07, 6.45) is 14.4. The van der Waals surface area contributed by atoms with Gasteiger partial charge in [-0.1, -0.05) is 37.8 Å². The molecule has 1 N–H and O–H groups in total. The number of nitrogens with one attached hydrogen (secondary N) is 1. The van der Waals surface area contributed by atoms with Gasteiger partial charge in [0.1, 0.15) is 0 Å². The van der Waals surface area contributed by atoms with Gasteiger partial charge in [0.15, 0.2) is 0 Å². The Labute approximate surface area is 225 Å². The number of aromatic amines is 1. The van der Waals surface area contributed by atoms with E-state index in [1.807, 2.05) is 23.2 Å². The molecule has 9 heteroatoms. The fourth-order valence-corrected chi connectivity index (χ4v) is 8.54. The molecule has 4 aliphatic rings. The molecular formula is C30H36FN5O3. The van der Waals surface area contributed by atoms with Crippen LogP contribution in [0.15, 0.2) is 44.8 Å². The Morgan fingerprint density at radius 2 is 1.56 bits per heavy atom. The predicted molar refractivity (Wildman–Crippen MR) is 147 cm³/mol. The van der Waals surface area contributed by atoms with Crippen LogP contribution < -0.4 is 16.8 Å². The summed E-state index contributed by atoms with van der Waals surface area (Å²) < 4.78 is 16.8. The molecule has 2 saturated carbocycles. The van der Waals surface area contributed by atoms with Gasteiger partial charge in [-0.2, -0.15) is 4.39 Å². The van der Waals surface area contributed by atoms with E-state index in [1.54, 1.807) is 10.6 Å². The molecule has 3 aromatic rings. The van der Waals surface area contributed by atoms with Crippen molar-refractivity contribution in [3.05, 3.63) is 67.5 Å². The van der Waals surface area contributed by atoms with Crippen LogP contribution in [0.3, 0.4) is 0 Å². The second-order valence-electron chi connectivity index (χ2n) is 12.5. The minimum atomic E-state index is -1.13. The number of benzene rings is 1. The molecule has 206 valence electrons. The largest absolute Gasteiger partial charge is 0.334 e. The van der Waals surface area contributed by atoms with E-state index in [9.17, 15) is 18.8 Å². The average Bonchev–Trinajstić information content (AvgIpc) is 2.90. The lowest BCUT2D eigenvalue weighted by Gasteiger charge is -2.51. The van der Waals surface area contributed by atoms with E-state index in [0.29, 0.717) is 17.6 Å². The molecule has 39 heavy (non-hydrogen) atoms. The van der Waals surface area contributed by atoms with Crippen molar-refractivity contribution >= 4 is 11.0 Å². The van der Waals surface area contributed by atoms with E-state index in [4.69, 9.17) is 0 Å². The third-order valence-corrected chi connectivity index (χ3v) is 10.1. The van der Waals surface area contributed by atoms with Gasteiger partial charge in [-0.15, -0.1) is 0 Å². The Morgan fingerprint density at radius 3 is 2.31 bits per heavy atom. The summed E-state index contributed by atoms with van der Waals surface area (Å²) in [4.78, 5) is 47.4. The molecule has 2 aromatic heterocycles. The quantitative estimate of drug-likeness (QED) is 0.544. The molecule has 2 aliphatic carbocycles. The number of piperidine rings is 2. The van der Waals surface area contributed by atoms with E-state index in [-0.39, 0.29) is 11.9 Å². The summed E-state index contributed by atoms with van der Waals surface area (Å²) >= 11 is 0. The van der Waals surface area contributed by atoms with Crippen molar-refractivity contribution in [2.24, 2.45) is 17.8 Å². The summed E-state index contributed by atoms with van der Waals surface area (Å²) in [5.41, 5.74) is -1.14. The monoisotopic (exact) mass is 533 g/mol. The van der Waals surface area contributed by atoms with Gasteiger partial charge < -0.3 is 4.57 Å². The summed E-state index contributed by atoms with van der Waals surface area (Å²) in [7, 11) is 0. The van der Waals surface area contributed by atoms with Crippen molar-refractivity contribution in [2.75, 3.05) is 6.54 Å². The number of para-hydroxylation sites is 2. The average molecular weight is 534 g/mol. The van der Waals surface area contributed by atoms with E-state index >= 15 is 0 Å². The minimum absolute atomic E-state index is 0.0373. The van der Waals surface area contributed by atoms with Gasteiger partial charge in [0.2, 0.25) is 11.6 Å².